The highest BCUT2D eigenvalue weighted by Gasteiger charge is 2.43. The first kappa shape index (κ1) is 17.3. The van der Waals surface area contributed by atoms with Gasteiger partial charge in [-0.05, 0) is 37.7 Å². The fourth-order valence-corrected chi connectivity index (χ4v) is 3.38. The molecule has 1 unspecified atom stereocenters. The van der Waals surface area contributed by atoms with Crippen molar-refractivity contribution < 1.29 is 9.59 Å². The Hall–Kier alpha value is -0.710. The summed E-state index contributed by atoms with van der Waals surface area (Å²) in [4.78, 5) is 26.8. The van der Waals surface area contributed by atoms with E-state index in [4.69, 9.17) is 0 Å². The Kier molecular flexibility index (Phi) is 6.86. The van der Waals surface area contributed by atoms with Crippen molar-refractivity contribution in [3.63, 3.8) is 0 Å². The second-order valence-electron chi connectivity index (χ2n) is 5.44. The predicted octanol–water partition coefficient (Wildman–Crippen LogP) is 2.43. The van der Waals surface area contributed by atoms with Crippen LogP contribution in [0.2, 0.25) is 0 Å². The van der Waals surface area contributed by atoms with Gasteiger partial charge in [-0.2, -0.15) is 11.8 Å². The van der Waals surface area contributed by atoms with E-state index in [2.05, 4.69) is 12.2 Å². The van der Waals surface area contributed by atoms with Crippen LogP contribution in [-0.2, 0) is 9.59 Å². The number of hydrogen-bond donors (Lipinski definition) is 1. The van der Waals surface area contributed by atoms with E-state index < -0.39 is 5.54 Å². The maximum absolute atomic E-state index is 12.9. The zero-order chi connectivity index (χ0) is 15.2. The molecule has 0 spiro atoms. The summed E-state index contributed by atoms with van der Waals surface area (Å²) < 4.78 is 0. The zero-order valence-corrected chi connectivity index (χ0v) is 14.0. The lowest BCUT2D eigenvalue weighted by atomic mass is 9.91. The van der Waals surface area contributed by atoms with Crippen molar-refractivity contribution >= 4 is 23.6 Å². The number of amides is 2. The zero-order valence-electron chi connectivity index (χ0n) is 13.2. The second-order valence-corrected chi connectivity index (χ2v) is 6.83. The maximum Gasteiger partial charge on any atom is 0.248 e. The van der Waals surface area contributed by atoms with Crippen LogP contribution in [0, 0.1) is 0 Å². The molecule has 0 aromatic carbocycles. The third-order valence-corrected chi connectivity index (χ3v) is 5.15. The Labute approximate surface area is 127 Å². The van der Waals surface area contributed by atoms with Crippen molar-refractivity contribution in [1.29, 1.82) is 0 Å². The van der Waals surface area contributed by atoms with Crippen LogP contribution in [0.25, 0.3) is 0 Å². The summed E-state index contributed by atoms with van der Waals surface area (Å²) >= 11 is 1.90. The number of nitrogens with one attached hydrogen (secondary N) is 1. The molecule has 2 amide bonds. The van der Waals surface area contributed by atoms with Gasteiger partial charge in [0.25, 0.3) is 0 Å². The van der Waals surface area contributed by atoms with Gasteiger partial charge < -0.3 is 10.2 Å². The summed E-state index contributed by atoms with van der Waals surface area (Å²) in [6.07, 6.45) is 2.71. The molecule has 1 saturated heterocycles. The minimum Gasteiger partial charge on any atom is -0.342 e. The number of hydrogen-bond acceptors (Lipinski definition) is 3. The Bertz CT molecular complexity index is 343. The number of rotatable bonds is 7. The lowest BCUT2D eigenvalue weighted by Gasteiger charge is -2.35. The lowest BCUT2D eigenvalue weighted by molar-refractivity contribution is -0.140. The van der Waals surface area contributed by atoms with Gasteiger partial charge in [-0.25, -0.2) is 0 Å². The van der Waals surface area contributed by atoms with E-state index in [0.717, 1.165) is 24.5 Å². The van der Waals surface area contributed by atoms with E-state index >= 15 is 0 Å². The van der Waals surface area contributed by atoms with Crippen LogP contribution < -0.4 is 5.32 Å². The average molecular weight is 300 g/mol. The first-order chi connectivity index (χ1) is 9.50. The van der Waals surface area contributed by atoms with Crippen molar-refractivity contribution in [3.05, 3.63) is 0 Å². The first-order valence-corrected chi connectivity index (χ1v) is 8.86. The molecule has 0 bridgehead atoms. The molecule has 1 aliphatic heterocycles. The van der Waals surface area contributed by atoms with Crippen molar-refractivity contribution in [3.8, 4) is 0 Å². The van der Waals surface area contributed by atoms with Gasteiger partial charge in [0.1, 0.15) is 5.54 Å². The minimum atomic E-state index is -0.695. The van der Waals surface area contributed by atoms with Crippen LogP contribution in [0.1, 0.15) is 53.4 Å². The molecule has 1 aliphatic rings. The monoisotopic (exact) mass is 300 g/mol. The lowest BCUT2D eigenvalue weighted by Crippen LogP contribution is -2.57. The molecule has 20 heavy (non-hydrogen) atoms. The van der Waals surface area contributed by atoms with Crippen molar-refractivity contribution in [1.82, 2.24) is 10.2 Å². The van der Waals surface area contributed by atoms with E-state index in [0.29, 0.717) is 19.3 Å². The van der Waals surface area contributed by atoms with Crippen LogP contribution >= 0.6 is 11.8 Å². The molecule has 1 N–H and O–H groups in total. The van der Waals surface area contributed by atoms with Crippen molar-refractivity contribution in [2.45, 2.75) is 65.0 Å². The molecule has 4 nitrogen and oxygen atoms in total. The SMILES string of the molecule is CCSCCCN1C(=O)C(CC)(CC)NC(=O)CC1C. The molecular formula is C15H28N2O2S. The van der Waals surface area contributed by atoms with Crippen molar-refractivity contribution in [2.75, 3.05) is 18.1 Å². The highest BCUT2D eigenvalue weighted by molar-refractivity contribution is 7.99. The van der Waals surface area contributed by atoms with E-state index in [1.54, 1.807) is 0 Å². The second kappa shape index (κ2) is 7.91. The van der Waals surface area contributed by atoms with E-state index in [1.807, 2.05) is 37.4 Å². The number of carbonyl (C=O) groups excluding carboxylic acids is 2. The molecular weight excluding hydrogens is 272 g/mol. The van der Waals surface area contributed by atoms with Gasteiger partial charge in [-0.3, -0.25) is 9.59 Å². The van der Waals surface area contributed by atoms with E-state index in [1.165, 1.54) is 0 Å². The van der Waals surface area contributed by atoms with Gasteiger partial charge in [-0.1, -0.05) is 20.8 Å². The third-order valence-electron chi connectivity index (χ3n) is 4.16. The molecule has 1 heterocycles. The van der Waals surface area contributed by atoms with Crippen LogP contribution in [0.4, 0.5) is 0 Å². The summed E-state index contributed by atoms with van der Waals surface area (Å²) in [6.45, 7) is 8.83. The molecule has 116 valence electrons. The smallest absolute Gasteiger partial charge is 0.248 e. The normalized spacial score (nSPS) is 22.6. The summed E-state index contributed by atoms with van der Waals surface area (Å²) in [5.41, 5.74) is -0.695. The van der Waals surface area contributed by atoms with E-state index in [-0.39, 0.29) is 17.9 Å². The minimum absolute atomic E-state index is 0.0000156. The quantitative estimate of drug-likeness (QED) is 0.735. The maximum atomic E-state index is 12.9. The molecule has 5 heteroatoms. The predicted molar refractivity (Wildman–Crippen MR) is 84.9 cm³/mol. The molecule has 0 aromatic rings. The topological polar surface area (TPSA) is 49.4 Å². The van der Waals surface area contributed by atoms with Gasteiger partial charge in [0.15, 0.2) is 0 Å². The van der Waals surface area contributed by atoms with Crippen molar-refractivity contribution in [2.24, 2.45) is 0 Å². The van der Waals surface area contributed by atoms with Crippen LogP contribution in [0.15, 0.2) is 0 Å². The standard InChI is InChI=1S/C15H28N2O2S/c1-5-15(6-2)14(19)17(9-8-10-20-7-3)12(4)11-13(18)16-15/h12H,5-11H2,1-4H3,(H,16,18). The summed E-state index contributed by atoms with van der Waals surface area (Å²) in [6, 6.07) is -0.00546. The van der Waals surface area contributed by atoms with Gasteiger partial charge in [0.2, 0.25) is 11.8 Å². The summed E-state index contributed by atoms with van der Waals surface area (Å²) in [7, 11) is 0. The average Bonchev–Trinajstić information content (AvgIpc) is 2.52. The Balaban J connectivity index is 2.83. The molecule has 1 atom stereocenters. The van der Waals surface area contributed by atoms with Gasteiger partial charge in [-0.15, -0.1) is 0 Å². The first-order valence-electron chi connectivity index (χ1n) is 7.70. The molecule has 1 fully saturated rings. The molecule has 1 rings (SSSR count). The Morgan fingerprint density at radius 3 is 2.50 bits per heavy atom. The number of thioether (sulfide) groups is 1. The Morgan fingerprint density at radius 1 is 1.30 bits per heavy atom. The van der Waals surface area contributed by atoms with Gasteiger partial charge in [0.05, 0.1) is 0 Å². The van der Waals surface area contributed by atoms with Crippen LogP contribution in [-0.4, -0.2) is 46.3 Å². The summed E-state index contributed by atoms with van der Waals surface area (Å²) in [5.74, 6) is 2.28. The van der Waals surface area contributed by atoms with Crippen LogP contribution in [0.5, 0.6) is 0 Å². The fraction of sp³-hybridized carbons (Fsp3) is 0.867. The summed E-state index contributed by atoms with van der Waals surface area (Å²) in [5, 5.41) is 2.97. The third kappa shape index (κ3) is 3.90. The molecule has 0 aliphatic carbocycles. The Morgan fingerprint density at radius 2 is 1.95 bits per heavy atom. The molecule has 0 radical (unpaired) electrons. The highest BCUT2D eigenvalue weighted by atomic mass is 32.2. The largest absolute Gasteiger partial charge is 0.342 e. The van der Waals surface area contributed by atoms with Crippen LogP contribution in [0.3, 0.4) is 0 Å². The molecule has 0 aromatic heterocycles. The number of carbonyl (C=O) groups is 2. The van der Waals surface area contributed by atoms with Gasteiger partial charge in [0, 0.05) is 19.0 Å². The van der Waals surface area contributed by atoms with E-state index in [9.17, 15) is 9.59 Å². The highest BCUT2D eigenvalue weighted by Crippen LogP contribution is 2.25. The fourth-order valence-electron chi connectivity index (χ4n) is 2.76. The number of nitrogens with zero attached hydrogens (tertiary/aromatic N) is 1. The van der Waals surface area contributed by atoms with Gasteiger partial charge >= 0.3 is 0 Å². The molecule has 0 saturated carbocycles.